The van der Waals surface area contributed by atoms with Gasteiger partial charge in [0, 0.05) is 13.1 Å². The summed E-state index contributed by atoms with van der Waals surface area (Å²) in [7, 11) is 0. The molecule has 0 bridgehead atoms. The van der Waals surface area contributed by atoms with Gasteiger partial charge in [0.1, 0.15) is 0 Å². The molecule has 1 atom stereocenters. The second-order valence-corrected chi connectivity index (χ2v) is 5.12. The number of hydrogen-bond donors (Lipinski definition) is 2. The third kappa shape index (κ3) is 4.04. The fourth-order valence-electron chi connectivity index (χ4n) is 2.23. The lowest BCUT2D eigenvalue weighted by Crippen LogP contribution is -2.48. The minimum Gasteiger partial charge on any atom is -0.377 e. The van der Waals surface area contributed by atoms with Crippen molar-refractivity contribution in [1.29, 1.82) is 0 Å². The van der Waals surface area contributed by atoms with E-state index in [9.17, 15) is 4.79 Å². The molecule has 1 aliphatic rings. The summed E-state index contributed by atoms with van der Waals surface area (Å²) < 4.78 is 5.40. The number of benzene rings is 1. The van der Waals surface area contributed by atoms with E-state index in [-0.39, 0.29) is 18.1 Å². The van der Waals surface area contributed by atoms with E-state index in [1.165, 1.54) is 11.1 Å². The summed E-state index contributed by atoms with van der Waals surface area (Å²) in [5, 5.41) is 6.18. The molecule has 0 aliphatic carbocycles. The van der Waals surface area contributed by atoms with Crippen LogP contribution in [0.25, 0.3) is 0 Å². The fourth-order valence-corrected chi connectivity index (χ4v) is 2.23. The van der Waals surface area contributed by atoms with Crippen molar-refractivity contribution in [1.82, 2.24) is 10.6 Å². The molecule has 0 aromatic heterocycles. The Morgan fingerprint density at radius 1 is 1.42 bits per heavy atom. The molecule has 2 rings (SSSR count). The van der Waals surface area contributed by atoms with Crippen LogP contribution in [0.1, 0.15) is 25.0 Å². The first kappa shape index (κ1) is 14.0. The molecular weight excluding hydrogens is 240 g/mol. The topological polar surface area (TPSA) is 50.4 Å². The Morgan fingerprint density at radius 2 is 2.16 bits per heavy atom. The molecule has 0 spiro atoms. The highest BCUT2D eigenvalue weighted by atomic mass is 16.5. The van der Waals surface area contributed by atoms with Crippen LogP contribution in [0.2, 0.25) is 0 Å². The minimum atomic E-state index is -0.131. The average Bonchev–Trinajstić information content (AvgIpc) is 2.42. The van der Waals surface area contributed by atoms with Gasteiger partial charge in [0.25, 0.3) is 0 Å². The standard InChI is InChI=1S/C15H22N2O2/c1-11(2)19-8-7-16-15(18)14-9-12-5-3-4-6-13(12)10-17-14/h3-6,11,14,17H,7-10H2,1-2H3,(H,16,18). The van der Waals surface area contributed by atoms with Gasteiger partial charge in [0.05, 0.1) is 18.8 Å². The van der Waals surface area contributed by atoms with Crippen LogP contribution in [0.3, 0.4) is 0 Å². The largest absolute Gasteiger partial charge is 0.377 e. The lowest BCUT2D eigenvalue weighted by molar-refractivity contribution is -0.123. The molecule has 4 heteroatoms. The summed E-state index contributed by atoms with van der Waals surface area (Å²) in [6, 6.07) is 8.12. The molecule has 1 heterocycles. The lowest BCUT2D eigenvalue weighted by atomic mass is 9.95. The number of nitrogens with one attached hydrogen (secondary N) is 2. The summed E-state index contributed by atoms with van der Waals surface area (Å²) >= 11 is 0. The van der Waals surface area contributed by atoms with Crippen molar-refractivity contribution in [3.63, 3.8) is 0 Å². The van der Waals surface area contributed by atoms with E-state index >= 15 is 0 Å². The number of amides is 1. The SMILES string of the molecule is CC(C)OCCNC(=O)C1Cc2ccccc2CN1. The number of carbonyl (C=O) groups excluding carboxylic acids is 1. The second-order valence-electron chi connectivity index (χ2n) is 5.12. The van der Waals surface area contributed by atoms with Crippen LogP contribution in [-0.4, -0.2) is 31.2 Å². The van der Waals surface area contributed by atoms with Gasteiger partial charge in [-0.25, -0.2) is 0 Å². The number of rotatable bonds is 5. The van der Waals surface area contributed by atoms with E-state index in [0.717, 1.165) is 13.0 Å². The molecule has 1 aromatic rings. The molecule has 19 heavy (non-hydrogen) atoms. The van der Waals surface area contributed by atoms with Gasteiger partial charge in [0.15, 0.2) is 0 Å². The first-order valence-electron chi connectivity index (χ1n) is 6.86. The Hall–Kier alpha value is -1.39. The zero-order valence-corrected chi connectivity index (χ0v) is 11.6. The highest BCUT2D eigenvalue weighted by Gasteiger charge is 2.23. The normalized spacial score (nSPS) is 18.2. The minimum absolute atomic E-state index is 0.0573. The first-order valence-corrected chi connectivity index (χ1v) is 6.86. The van der Waals surface area contributed by atoms with Crippen LogP contribution in [0.5, 0.6) is 0 Å². The number of fused-ring (bicyclic) bond motifs is 1. The van der Waals surface area contributed by atoms with E-state index in [2.05, 4.69) is 22.8 Å². The molecule has 0 radical (unpaired) electrons. The van der Waals surface area contributed by atoms with Crippen molar-refractivity contribution < 1.29 is 9.53 Å². The van der Waals surface area contributed by atoms with Crippen molar-refractivity contribution in [2.75, 3.05) is 13.2 Å². The average molecular weight is 262 g/mol. The van der Waals surface area contributed by atoms with Crippen LogP contribution in [-0.2, 0) is 22.5 Å². The molecule has 1 amide bonds. The Balaban J connectivity index is 1.79. The van der Waals surface area contributed by atoms with Crippen LogP contribution in [0.15, 0.2) is 24.3 Å². The summed E-state index contributed by atoms with van der Waals surface area (Å²) in [5.74, 6) is 0.0573. The van der Waals surface area contributed by atoms with Gasteiger partial charge < -0.3 is 15.4 Å². The van der Waals surface area contributed by atoms with Crippen LogP contribution < -0.4 is 10.6 Å². The summed E-state index contributed by atoms with van der Waals surface area (Å²) in [4.78, 5) is 12.0. The van der Waals surface area contributed by atoms with Crippen molar-refractivity contribution in [3.05, 3.63) is 35.4 Å². The quantitative estimate of drug-likeness (QED) is 0.785. The molecule has 104 valence electrons. The van der Waals surface area contributed by atoms with Crippen molar-refractivity contribution in [3.8, 4) is 0 Å². The van der Waals surface area contributed by atoms with Gasteiger partial charge in [-0.15, -0.1) is 0 Å². The maximum Gasteiger partial charge on any atom is 0.237 e. The van der Waals surface area contributed by atoms with Gasteiger partial charge in [0.2, 0.25) is 5.91 Å². The Morgan fingerprint density at radius 3 is 2.89 bits per heavy atom. The van der Waals surface area contributed by atoms with Crippen molar-refractivity contribution in [2.24, 2.45) is 0 Å². The zero-order chi connectivity index (χ0) is 13.7. The first-order chi connectivity index (χ1) is 9.16. The Kier molecular flexibility index (Phi) is 4.93. The molecule has 0 fully saturated rings. The van der Waals surface area contributed by atoms with Crippen LogP contribution in [0.4, 0.5) is 0 Å². The molecule has 2 N–H and O–H groups in total. The second kappa shape index (κ2) is 6.68. The van der Waals surface area contributed by atoms with Gasteiger partial charge >= 0.3 is 0 Å². The van der Waals surface area contributed by atoms with E-state index < -0.39 is 0 Å². The van der Waals surface area contributed by atoms with E-state index in [1.54, 1.807) is 0 Å². The highest BCUT2D eigenvalue weighted by Crippen LogP contribution is 2.16. The molecule has 4 nitrogen and oxygen atoms in total. The molecule has 0 saturated heterocycles. The van der Waals surface area contributed by atoms with Crippen LogP contribution >= 0.6 is 0 Å². The molecular formula is C15H22N2O2. The number of hydrogen-bond acceptors (Lipinski definition) is 3. The third-order valence-corrected chi connectivity index (χ3v) is 3.25. The predicted octanol–water partition coefficient (Wildman–Crippen LogP) is 1.24. The summed E-state index contributed by atoms with van der Waals surface area (Å²) in [6.45, 7) is 5.86. The Bertz CT molecular complexity index is 432. The van der Waals surface area contributed by atoms with Crippen molar-refractivity contribution >= 4 is 5.91 Å². The van der Waals surface area contributed by atoms with Gasteiger partial charge in [-0.05, 0) is 31.4 Å². The molecule has 0 saturated carbocycles. The molecule has 1 aliphatic heterocycles. The van der Waals surface area contributed by atoms with Crippen LogP contribution in [0, 0.1) is 0 Å². The van der Waals surface area contributed by atoms with Gasteiger partial charge in [-0.2, -0.15) is 0 Å². The molecule has 1 unspecified atom stereocenters. The van der Waals surface area contributed by atoms with E-state index in [0.29, 0.717) is 13.2 Å². The zero-order valence-electron chi connectivity index (χ0n) is 11.6. The summed E-state index contributed by atoms with van der Waals surface area (Å²) in [5.41, 5.74) is 2.55. The smallest absolute Gasteiger partial charge is 0.237 e. The maximum absolute atomic E-state index is 12.0. The number of carbonyl (C=O) groups is 1. The number of ether oxygens (including phenoxy) is 1. The molecule has 1 aromatic carbocycles. The monoisotopic (exact) mass is 262 g/mol. The van der Waals surface area contributed by atoms with Gasteiger partial charge in [-0.3, -0.25) is 4.79 Å². The lowest BCUT2D eigenvalue weighted by Gasteiger charge is -2.25. The van der Waals surface area contributed by atoms with Gasteiger partial charge in [-0.1, -0.05) is 24.3 Å². The third-order valence-electron chi connectivity index (χ3n) is 3.25. The van der Waals surface area contributed by atoms with Crippen molar-refractivity contribution in [2.45, 2.75) is 39.0 Å². The predicted molar refractivity (Wildman–Crippen MR) is 74.9 cm³/mol. The van der Waals surface area contributed by atoms with E-state index in [1.807, 2.05) is 26.0 Å². The Labute approximate surface area is 114 Å². The highest BCUT2D eigenvalue weighted by molar-refractivity contribution is 5.82. The maximum atomic E-state index is 12.0. The van der Waals surface area contributed by atoms with E-state index in [4.69, 9.17) is 4.74 Å². The fraction of sp³-hybridized carbons (Fsp3) is 0.533. The summed E-state index contributed by atoms with van der Waals surface area (Å²) in [6.07, 6.45) is 0.962.